The maximum Gasteiger partial charge on any atom is 0.132 e. The number of hydrogen-bond donors (Lipinski definition) is 0. The molecule has 1 atom stereocenters. The number of piperidine rings is 1. The molecule has 7 nitrogen and oxygen atoms in total. The van der Waals surface area contributed by atoms with Crippen LogP contribution in [0.1, 0.15) is 24.2 Å². The molecule has 1 fully saturated rings. The van der Waals surface area contributed by atoms with E-state index in [-0.39, 0.29) is 0 Å². The molecule has 0 aliphatic carbocycles. The number of aryl methyl sites for hydroxylation is 2. The summed E-state index contributed by atoms with van der Waals surface area (Å²) < 4.78 is 1.97. The summed E-state index contributed by atoms with van der Waals surface area (Å²) in [6, 6.07) is 2.06. The Labute approximate surface area is 153 Å². The third-order valence-electron chi connectivity index (χ3n) is 4.89. The van der Waals surface area contributed by atoms with Gasteiger partial charge >= 0.3 is 0 Å². The minimum Gasteiger partial charge on any atom is -0.356 e. The predicted molar refractivity (Wildman–Crippen MR) is 99.6 cm³/mol. The molecule has 0 aromatic carbocycles. The molecule has 1 saturated heterocycles. The summed E-state index contributed by atoms with van der Waals surface area (Å²) in [5, 5.41) is 0. The summed E-state index contributed by atoms with van der Waals surface area (Å²) in [6.07, 6.45) is 12.3. The van der Waals surface area contributed by atoms with E-state index in [2.05, 4.69) is 30.9 Å². The normalized spacial score (nSPS) is 17.5. The lowest BCUT2D eigenvalue weighted by Crippen LogP contribution is -2.37. The summed E-state index contributed by atoms with van der Waals surface area (Å²) in [5.74, 6) is 1.58. The van der Waals surface area contributed by atoms with Crippen LogP contribution in [0.4, 0.5) is 5.82 Å². The smallest absolute Gasteiger partial charge is 0.132 e. The Morgan fingerprint density at radius 3 is 2.88 bits per heavy atom. The Balaban J connectivity index is 1.48. The van der Waals surface area contributed by atoms with E-state index in [0.717, 1.165) is 48.1 Å². The van der Waals surface area contributed by atoms with Crippen LogP contribution in [0.2, 0.25) is 0 Å². The second-order valence-electron chi connectivity index (χ2n) is 6.96. The minimum atomic E-state index is 0.551. The third kappa shape index (κ3) is 3.56. The molecular weight excluding hydrogens is 326 g/mol. The highest BCUT2D eigenvalue weighted by atomic mass is 15.2. The van der Waals surface area contributed by atoms with Crippen LogP contribution in [0.15, 0.2) is 37.3 Å². The number of imidazole rings is 1. The van der Waals surface area contributed by atoms with E-state index in [4.69, 9.17) is 4.98 Å². The van der Waals surface area contributed by atoms with Crippen molar-refractivity contribution >= 4 is 5.82 Å². The first-order valence-corrected chi connectivity index (χ1v) is 9.00. The highest BCUT2D eigenvalue weighted by Gasteiger charge is 2.22. The molecule has 0 amide bonds. The van der Waals surface area contributed by atoms with E-state index in [1.54, 1.807) is 18.9 Å². The van der Waals surface area contributed by atoms with E-state index >= 15 is 0 Å². The zero-order valence-corrected chi connectivity index (χ0v) is 15.2. The first-order valence-electron chi connectivity index (χ1n) is 9.00. The van der Waals surface area contributed by atoms with Crippen LogP contribution in [0.3, 0.4) is 0 Å². The first-order chi connectivity index (χ1) is 12.7. The predicted octanol–water partition coefficient (Wildman–Crippen LogP) is 2.43. The Morgan fingerprint density at radius 2 is 2.08 bits per heavy atom. The van der Waals surface area contributed by atoms with E-state index < -0.39 is 0 Å². The highest BCUT2D eigenvalue weighted by Crippen LogP contribution is 2.24. The van der Waals surface area contributed by atoms with Crippen molar-refractivity contribution in [3.63, 3.8) is 0 Å². The van der Waals surface area contributed by atoms with Crippen LogP contribution in [-0.4, -0.2) is 42.6 Å². The van der Waals surface area contributed by atoms with Crippen molar-refractivity contribution in [2.45, 2.75) is 26.2 Å². The lowest BCUT2D eigenvalue weighted by atomic mass is 9.93. The summed E-state index contributed by atoms with van der Waals surface area (Å²) in [5.41, 5.74) is 3.91. The van der Waals surface area contributed by atoms with Crippen LogP contribution in [0.25, 0.3) is 11.4 Å². The highest BCUT2D eigenvalue weighted by molar-refractivity contribution is 5.52. The molecule has 1 aliphatic heterocycles. The van der Waals surface area contributed by atoms with Crippen molar-refractivity contribution < 1.29 is 0 Å². The van der Waals surface area contributed by atoms with Gasteiger partial charge in [0.05, 0.1) is 30.1 Å². The van der Waals surface area contributed by atoms with Gasteiger partial charge in [-0.25, -0.2) is 19.9 Å². The van der Waals surface area contributed by atoms with Crippen molar-refractivity contribution in [3.05, 3.63) is 48.7 Å². The van der Waals surface area contributed by atoms with Crippen molar-refractivity contribution in [1.29, 1.82) is 0 Å². The molecule has 134 valence electrons. The molecule has 0 unspecified atom stereocenters. The van der Waals surface area contributed by atoms with Gasteiger partial charge in [-0.1, -0.05) is 0 Å². The van der Waals surface area contributed by atoms with Gasteiger partial charge in [-0.05, 0) is 32.1 Å². The fourth-order valence-corrected chi connectivity index (χ4v) is 3.58. The van der Waals surface area contributed by atoms with Gasteiger partial charge in [-0.15, -0.1) is 0 Å². The fourth-order valence-electron chi connectivity index (χ4n) is 3.58. The Kier molecular flexibility index (Phi) is 4.60. The summed E-state index contributed by atoms with van der Waals surface area (Å²) in [6.45, 7) is 4.05. The van der Waals surface area contributed by atoms with Gasteiger partial charge in [0, 0.05) is 38.1 Å². The monoisotopic (exact) mass is 349 g/mol. The van der Waals surface area contributed by atoms with Gasteiger partial charge in [0.2, 0.25) is 0 Å². The molecule has 0 radical (unpaired) electrons. The summed E-state index contributed by atoms with van der Waals surface area (Å²) in [4.78, 5) is 24.4. The molecule has 0 N–H and O–H groups in total. The van der Waals surface area contributed by atoms with Gasteiger partial charge in [0.15, 0.2) is 0 Å². The number of hydrogen-bond acceptors (Lipinski definition) is 6. The molecule has 26 heavy (non-hydrogen) atoms. The maximum atomic E-state index is 4.81. The SMILES string of the molecule is Cc1cc(N2CCC[C@@H](Cc3cncc(-c4cncn4C)n3)C2)ncn1. The van der Waals surface area contributed by atoms with E-state index in [1.807, 2.05) is 30.9 Å². The topological polar surface area (TPSA) is 72.6 Å². The zero-order chi connectivity index (χ0) is 17.9. The Morgan fingerprint density at radius 1 is 1.15 bits per heavy atom. The second kappa shape index (κ2) is 7.19. The quantitative estimate of drug-likeness (QED) is 0.720. The Hall–Kier alpha value is -2.83. The van der Waals surface area contributed by atoms with Crippen molar-refractivity contribution in [2.24, 2.45) is 13.0 Å². The molecule has 1 aliphatic rings. The van der Waals surface area contributed by atoms with Crippen LogP contribution in [-0.2, 0) is 13.5 Å². The molecule has 4 heterocycles. The molecule has 7 heteroatoms. The molecule has 3 aromatic heterocycles. The average Bonchev–Trinajstić information content (AvgIpc) is 3.08. The molecule has 4 rings (SSSR count). The van der Waals surface area contributed by atoms with Gasteiger partial charge in [-0.3, -0.25) is 4.98 Å². The number of anilines is 1. The summed E-state index contributed by atoms with van der Waals surface area (Å²) >= 11 is 0. The standard InChI is InChI=1S/C19H23N7/c1-14-6-19(23-12-22-14)26-5-3-4-15(11-26)7-16-8-20-9-17(24-16)18-10-21-13-25(18)2/h6,8-10,12-13,15H,3-5,7,11H2,1-2H3/t15-/m0/s1. The number of aromatic nitrogens is 6. The van der Waals surface area contributed by atoms with E-state index in [0.29, 0.717) is 5.92 Å². The van der Waals surface area contributed by atoms with Gasteiger partial charge in [0.1, 0.15) is 17.8 Å². The lowest BCUT2D eigenvalue weighted by Gasteiger charge is -2.33. The Bertz CT molecular complexity index is 889. The lowest BCUT2D eigenvalue weighted by molar-refractivity contribution is 0.408. The van der Waals surface area contributed by atoms with Crippen molar-refractivity contribution in [1.82, 2.24) is 29.5 Å². The number of nitrogens with zero attached hydrogens (tertiary/aromatic N) is 7. The maximum absolute atomic E-state index is 4.81. The van der Waals surface area contributed by atoms with Crippen molar-refractivity contribution in [3.8, 4) is 11.4 Å². The number of rotatable bonds is 4. The molecule has 0 saturated carbocycles. The largest absolute Gasteiger partial charge is 0.356 e. The zero-order valence-electron chi connectivity index (χ0n) is 15.2. The average molecular weight is 349 g/mol. The van der Waals surface area contributed by atoms with Crippen LogP contribution >= 0.6 is 0 Å². The molecule has 0 bridgehead atoms. The second-order valence-corrected chi connectivity index (χ2v) is 6.96. The van der Waals surface area contributed by atoms with Crippen molar-refractivity contribution in [2.75, 3.05) is 18.0 Å². The minimum absolute atomic E-state index is 0.551. The fraction of sp³-hybridized carbons (Fsp3) is 0.421. The first kappa shape index (κ1) is 16.6. The van der Waals surface area contributed by atoms with Gasteiger partial charge in [0.25, 0.3) is 0 Å². The molecule has 0 spiro atoms. The molecular formula is C19H23N7. The van der Waals surface area contributed by atoms with Crippen LogP contribution in [0.5, 0.6) is 0 Å². The van der Waals surface area contributed by atoms with Gasteiger partial charge in [-0.2, -0.15) is 0 Å². The summed E-state index contributed by atoms with van der Waals surface area (Å²) in [7, 11) is 1.97. The van der Waals surface area contributed by atoms with Gasteiger partial charge < -0.3 is 9.47 Å². The van der Waals surface area contributed by atoms with E-state index in [9.17, 15) is 0 Å². The van der Waals surface area contributed by atoms with E-state index in [1.165, 1.54) is 12.8 Å². The van der Waals surface area contributed by atoms with Crippen LogP contribution in [0, 0.1) is 12.8 Å². The molecule has 3 aromatic rings. The third-order valence-corrected chi connectivity index (χ3v) is 4.89. The van der Waals surface area contributed by atoms with Crippen LogP contribution < -0.4 is 4.90 Å².